The van der Waals surface area contributed by atoms with Crippen LogP contribution < -0.4 is 20.3 Å². The summed E-state index contributed by atoms with van der Waals surface area (Å²) < 4.78 is 13.7. The summed E-state index contributed by atoms with van der Waals surface area (Å²) in [6, 6.07) is 18.2. The lowest BCUT2D eigenvalue weighted by atomic mass is 10.1. The zero-order valence-corrected chi connectivity index (χ0v) is 24.3. The van der Waals surface area contributed by atoms with Crippen LogP contribution in [-0.2, 0) is 11.2 Å². The first-order chi connectivity index (χ1) is 19.3. The molecule has 4 rings (SSSR count). The molecule has 1 N–H and O–H groups in total. The molecule has 0 bridgehead atoms. The Morgan fingerprint density at radius 1 is 1.20 bits per heavy atom. The van der Waals surface area contributed by atoms with Crippen molar-refractivity contribution in [1.29, 1.82) is 0 Å². The number of allylic oxidation sites excluding steroid dienone is 1. The number of para-hydroxylation sites is 1. The number of methoxy groups -OCH3 is 1. The smallest absolute Gasteiger partial charge is 0.282 e. The van der Waals surface area contributed by atoms with Crippen LogP contribution in [0.4, 0.5) is 5.69 Å². The molecule has 9 heteroatoms. The topological polar surface area (TPSA) is 94.8 Å². The predicted octanol–water partition coefficient (Wildman–Crippen LogP) is 6.31. The number of hydrogen-bond acceptors (Lipinski definition) is 6. The van der Waals surface area contributed by atoms with E-state index in [4.69, 9.17) is 14.5 Å². The van der Waals surface area contributed by atoms with Crippen LogP contribution >= 0.6 is 15.9 Å². The summed E-state index contributed by atoms with van der Waals surface area (Å²) >= 11 is 3.44. The van der Waals surface area contributed by atoms with Gasteiger partial charge < -0.3 is 14.8 Å². The van der Waals surface area contributed by atoms with Crippen LogP contribution in [0.15, 0.2) is 87.7 Å². The number of nitrogens with one attached hydrogen (secondary N) is 1. The first kappa shape index (κ1) is 28.8. The molecule has 1 atom stereocenters. The molecular weight excluding hydrogens is 572 g/mol. The molecule has 1 heterocycles. The number of carbonyl (C=O) groups is 1. The van der Waals surface area contributed by atoms with Crippen molar-refractivity contribution in [3.8, 4) is 11.5 Å². The number of carbonyl (C=O) groups excluding carboxylic acids is 1. The maximum absolute atomic E-state index is 13.5. The Bertz CT molecular complexity index is 1620. The van der Waals surface area contributed by atoms with Gasteiger partial charge in [-0.15, -0.1) is 6.58 Å². The minimum absolute atomic E-state index is 0.0153. The van der Waals surface area contributed by atoms with Crippen LogP contribution in [0.3, 0.4) is 0 Å². The van der Waals surface area contributed by atoms with Crippen molar-refractivity contribution in [2.45, 2.75) is 32.6 Å². The highest BCUT2D eigenvalue weighted by atomic mass is 79.9. The number of fused-ring (bicyclic) bond motifs is 1. The van der Waals surface area contributed by atoms with E-state index in [1.165, 1.54) is 11.8 Å². The number of nitrogens with zero attached hydrogens (tertiary/aromatic N) is 3. The number of halogens is 1. The summed E-state index contributed by atoms with van der Waals surface area (Å²) in [4.78, 5) is 30.7. The zero-order valence-electron chi connectivity index (χ0n) is 22.7. The molecule has 0 radical (unpaired) electrons. The van der Waals surface area contributed by atoms with Gasteiger partial charge in [-0.3, -0.25) is 9.59 Å². The van der Waals surface area contributed by atoms with Crippen LogP contribution in [-0.4, -0.2) is 35.5 Å². The monoisotopic (exact) mass is 602 g/mol. The first-order valence-corrected chi connectivity index (χ1v) is 13.7. The SMILES string of the molecule is C=CCc1cc(C=Nn2c([C@@H](C)CC)nc3ccc(Br)cc3c2=O)cc(OC)c1OCC(=O)Nc1ccccc1. The van der Waals surface area contributed by atoms with E-state index < -0.39 is 0 Å². The maximum atomic E-state index is 13.5. The molecule has 0 fully saturated rings. The van der Waals surface area contributed by atoms with Crippen molar-refractivity contribution in [1.82, 2.24) is 9.66 Å². The number of aromatic nitrogens is 2. The van der Waals surface area contributed by atoms with Gasteiger partial charge in [-0.25, -0.2) is 4.98 Å². The lowest BCUT2D eigenvalue weighted by Crippen LogP contribution is -2.23. The number of benzene rings is 3. The van der Waals surface area contributed by atoms with Gasteiger partial charge in [0.05, 0.1) is 24.2 Å². The Labute approximate surface area is 241 Å². The van der Waals surface area contributed by atoms with Crippen molar-refractivity contribution in [3.63, 3.8) is 0 Å². The van der Waals surface area contributed by atoms with Crippen LogP contribution in [0.1, 0.15) is 43.1 Å². The lowest BCUT2D eigenvalue weighted by molar-refractivity contribution is -0.118. The van der Waals surface area contributed by atoms with Crippen molar-refractivity contribution < 1.29 is 14.3 Å². The molecule has 0 saturated heterocycles. The highest BCUT2D eigenvalue weighted by molar-refractivity contribution is 9.10. The molecule has 3 aromatic carbocycles. The average Bonchev–Trinajstić information content (AvgIpc) is 2.96. The van der Waals surface area contributed by atoms with Crippen LogP contribution in [0.5, 0.6) is 11.5 Å². The summed E-state index contributed by atoms with van der Waals surface area (Å²) in [6.45, 7) is 7.71. The van der Waals surface area contributed by atoms with E-state index in [9.17, 15) is 9.59 Å². The Kier molecular flexibility index (Phi) is 9.50. The highest BCUT2D eigenvalue weighted by Gasteiger charge is 2.17. The van der Waals surface area contributed by atoms with Crippen LogP contribution in [0, 0.1) is 0 Å². The molecular formula is C31H31BrN4O4. The molecule has 0 aliphatic rings. The van der Waals surface area contributed by atoms with Gasteiger partial charge in [-0.05, 0) is 60.9 Å². The second-order valence-corrected chi connectivity index (χ2v) is 10.1. The second kappa shape index (κ2) is 13.2. The van der Waals surface area contributed by atoms with Gasteiger partial charge >= 0.3 is 0 Å². The standard InChI is InChI=1S/C31H31BrN4O4/c1-5-10-22-15-21(16-27(39-4)29(22)40-19-28(37)34-24-11-8-7-9-12-24)18-33-36-30(20(3)6-2)35-26-14-13-23(32)17-25(26)31(36)38/h5,7-9,11-18,20H,1,6,10,19H2,2-4H3,(H,34,37)/t20-/m0/s1. The first-order valence-electron chi connectivity index (χ1n) is 12.9. The Morgan fingerprint density at radius 2 is 1.98 bits per heavy atom. The van der Waals surface area contributed by atoms with E-state index >= 15 is 0 Å². The third-order valence-electron chi connectivity index (χ3n) is 6.35. The number of hydrogen-bond donors (Lipinski definition) is 1. The summed E-state index contributed by atoms with van der Waals surface area (Å²) in [5.41, 5.74) is 2.51. The normalized spacial score (nSPS) is 11.9. The molecule has 0 spiro atoms. The quantitative estimate of drug-likeness (QED) is 0.160. The van der Waals surface area contributed by atoms with Gasteiger partial charge in [-0.1, -0.05) is 54.1 Å². The van der Waals surface area contributed by atoms with Gasteiger partial charge in [0.1, 0.15) is 5.82 Å². The van der Waals surface area contributed by atoms with Gasteiger partial charge in [0.25, 0.3) is 11.5 Å². The molecule has 1 amide bonds. The zero-order chi connectivity index (χ0) is 28.6. The maximum Gasteiger partial charge on any atom is 0.282 e. The third-order valence-corrected chi connectivity index (χ3v) is 6.85. The summed E-state index contributed by atoms with van der Waals surface area (Å²) in [5, 5.41) is 7.84. The van der Waals surface area contributed by atoms with Crippen LogP contribution in [0.25, 0.3) is 10.9 Å². The lowest BCUT2D eigenvalue weighted by Gasteiger charge is -2.16. The minimum atomic E-state index is -0.296. The van der Waals surface area contributed by atoms with E-state index in [-0.39, 0.29) is 24.0 Å². The fourth-order valence-electron chi connectivity index (χ4n) is 4.14. The number of anilines is 1. The largest absolute Gasteiger partial charge is 0.493 e. The second-order valence-electron chi connectivity index (χ2n) is 9.21. The number of ether oxygens (including phenoxy) is 2. The number of amides is 1. The third kappa shape index (κ3) is 6.66. The predicted molar refractivity (Wildman–Crippen MR) is 163 cm³/mol. The summed E-state index contributed by atoms with van der Waals surface area (Å²) in [7, 11) is 1.53. The molecule has 0 unspecified atom stereocenters. The van der Waals surface area contributed by atoms with E-state index in [0.29, 0.717) is 45.9 Å². The molecule has 0 saturated carbocycles. The molecule has 8 nitrogen and oxygen atoms in total. The van der Waals surface area contributed by atoms with E-state index in [0.717, 1.165) is 16.5 Å². The van der Waals surface area contributed by atoms with Crippen molar-refractivity contribution in [2.24, 2.45) is 5.10 Å². The van der Waals surface area contributed by atoms with Gasteiger partial charge in [0, 0.05) is 21.6 Å². The summed E-state index contributed by atoms with van der Waals surface area (Å²) in [6.07, 6.45) is 4.60. The average molecular weight is 604 g/mol. The minimum Gasteiger partial charge on any atom is -0.493 e. The molecule has 0 aliphatic carbocycles. The van der Waals surface area contributed by atoms with E-state index in [1.807, 2.05) is 50.2 Å². The van der Waals surface area contributed by atoms with E-state index in [1.54, 1.807) is 36.6 Å². The van der Waals surface area contributed by atoms with Crippen molar-refractivity contribution in [2.75, 3.05) is 19.0 Å². The van der Waals surface area contributed by atoms with Crippen molar-refractivity contribution >= 4 is 44.6 Å². The number of rotatable bonds is 11. The fraction of sp³-hybridized carbons (Fsp3) is 0.226. The molecule has 0 aliphatic heterocycles. The molecule has 4 aromatic rings. The highest BCUT2D eigenvalue weighted by Crippen LogP contribution is 2.33. The van der Waals surface area contributed by atoms with Gasteiger partial charge in [0.15, 0.2) is 18.1 Å². The fourth-order valence-corrected chi connectivity index (χ4v) is 4.50. The molecule has 1 aromatic heterocycles. The Balaban J connectivity index is 1.68. The molecule has 40 heavy (non-hydrogen) atoms. The van der Waals surface area contributed by atoms with Crippen LogP contribution in [0.2, 0.25) is 0 Å². The van der Waals surface area contributed by atoms with Gasteiger partial charge in [0.2, 0.25) is 0 Å². The van der Waals surface area contributed by atoms with Gasteiger partial charge in [-0.2, -0.15) is 9.78 Å². The van der Waals surface area contributed by atoms with Crippen molar-refractivity contribution in [3.05, 3.63) is 105 Å². The Morgan fingerprint density at radius 3 is 2.67 bits per heavy atom. The Hall–Kier alpha value is -4.24. The molecule has 206 valence electrons. The van der Waals surface area contributed by atoms with E-state index in [2.05, 4.69) is 32.9 Å². The summed E-state index contributed by atoms with van der Waals surface area (Å²) in [5.74, 6) is 1.18.